The van der Waals surface area contributed by atoms with E-state index in [4.69, 9.17) is 27.9 Å². The molecule has 0 aromatic heterocycles. The molecule has 22 heavy (non-hydrogen) atoms. The third kappa shape index (κ3) is 5.37. The molecule has 1 heterocycles. The minimum Gasteiger partial charge on any atom is -0.376 e. The molecule has 1 aliphatic heterocycles. The molecule has 0 amide bonds. The highest BCUT2D eigenvalue weighted by Gasteiger charge is 2.26. The minimum absolute atomic E-state index is 0.0820. The van der Waals surface area contributed by atoms with E-state index in [0.29, 0.717) is 29.6 Å². The Hall–Kier alpha value is -0.370. The predicted octanol–water partition coefficient (Wildman–Crippen LogP) is 2.00. The molecule has 2 rings (SSSR count). The molecule has 0 bridgehead atoms. The van der Waals surface area contributed by atoms with Crippen molar-refractivity contribution >= 4 is 33.2 Å². The van der Waals surface area contributed by atoms with E-state index in [9.17, 15) is 8.42 Å². The second-order valence-electron chi connectivity index (χ2n) is 5.35. The van der Waals surface area contributed by atoms with Crippen LogP contribution in [0.15, 0.2) is 18.2 Å². The van der Waals surface area contributed by atoms with Gasteiger partial charge in [0.25, 0.3) is 0 Å². The van der Waals surface area contributed by atoms with Gasteiger partial charge in [0.2, 0.25) is 10.0 Å². The lowest BCUT2D eigenvalue weighted by molar-refractivity contribution is 0.0473. The first-order valence-electron chi connectivity index (χ1n) is 7.09. The lowest BCUT2D eigenvalue weighted by Gasteiger charge is -2.25. The second kappa shape index (κ2) is 7.95. The predicted molar refractivity (Wildman–Crippen MR) is 89.3 cm³/mol. The summed E-state index contributed by atoms with van der Waals surface area (Å²) in [5.74, 6) is 0.0960. The van der Waals surface area contributed by atoms with Gasteiger partial charge in [0.05, 0.1) is 29.0 Å². The van der Waals surface area contributed by atoms with Gasteiger partial charge < -0.3 is 10.1 Å². The molecule has 124 valence electrons. The van der Waals surface area contributed by atoms with Crippen LogP contribution >= 0.6 is 23.2 Å². The van der Waals surface area contributed by atoms with Crippen LogP contribution in [0.5, 0.6) is 0 Å². The number of halogens is 2. The fourth-order valence-electron chi connectivity index (χ4n) is 2.53. The molecule has 0 radical (unpaired) electrons. The summed E-state index contributed by atoms with van der Waals surface area (Å²) in [6, 6.07) is 5.56. The van der Waals surface area contributed by atoms with E-state index in [0.717, 1.165) is 24.9 Å². The van der Waals surface area contributed by atoms with Crippen LogP contribution in [0.25, 0.3) is 0 Å². The molecule has 0 aliphatic carbocycles. The molecule has 1 aliphatic rings. The second-order valence-corrected chi connectivity index (χ2v) is 8.00. The third-order valence-electron chi connectivity index (χ3n) is 3.59. The Morgan fingerprint density at radius 1 is 1.36 bits per heavy atom. The van der Waals surface area contributed by atoms with Crippen molar-refractivity contribution in [3.05, 3.63) is 33.8 Å². The van der Waals surface area contributed by atoms with Crippen LogP contribution in [0.4, 0.5) is 0 Å². The summed E-state index contributed by atoms with van der Waals surface area (Å²) in [7, 11) is -3.19. The Bertz CT molecular complexity index is 610. The minimum atomic E-state index is -3.19. The van der Waals surface area contributed by atoms with Gasteiger partial charge in [-0.3, -0.25) is 0 Å². The van der Waals surface area contributed by atoms with E-state index in [1.165, 1.54) is 0 Å². The zero-order valence-corrected chi connectivity index (χ0v) is 14.6. The van der Waals surface area contributed by atoms with Crippen LogP contribution in [0.2, 0.25) is 10.0 Å². The molecular weight excluding hydrogens is 347 g/mol. The van der Waals surface area contributed by atoms with Gasteiger partial charge in [0, 0.05) is 25.6 Å². The van der Waals surface area contributed by atoms with Gasteiger partial charge in [-0.25, -0.2) is 13.1 Å². The molecule has 5 nitrogen and oxygen atoms in total. The normalized spacial score (nSPS) is 23.2. The van der Waals surface area contributed by atoms with E-state index >= 15 is 0 Å². The van der Waals surface area contributed by atoms with Gasteiger partial charge in [0.15, 0.2) is 0 Å². The molecule has 1 saturated heterocycles. The quantitative estimate of drug-likeness (QED) is 0.836. The van der Waals surface area contributed by atoms with Gasteiger partial charge in [-0.1, -0.05) is 29.3 Å². The van der Waals surface area contributed by atoms with Crippen LogP contribution < -0.4 is 10.0 Å². The van der Waals surface area contributed by atoms with E-state index in [2.05, 4.69) is 10.0 Å². The summed E-state index contributed by atoms with van der Waals surface area (Å²) in [6.07, 6.45) is 1.67. The molecular formula is C14H20Cl2N2O3S. The van der Waals surface area contributed by atoms with Gasteiger partial charge >= 0.3 is 0 Å². The zero-order chi connectivity index (χ0) is 16.2. The number of hydrogen-bond donors (Lipinski definition) is 2. The largest absolute Gasteiger partial charge is 0.376 e. The van der Waals surface area contributed by atoms with Gasteiger partial charge in [0.1, 0.15) is 0 Å². The van der Waals surface area contributed by atoms with Crippen LogP contribution in [-0.2, 0) is 14.8 Å². The molecule has 0 spiro atoms. The Morgan fingerprint density at radius 3 is 2.82 bits per heavy atom. The van der Waals surface area contributed by atoms with Crippen molar-refractivity contribution in [3.8, 4) is 0 Å². The molecule has 0 saturated carbocycles. The average Bonchev–Trinajstić information content (AvgIpc) is 2.66. The SMILES string of the molecule is CS(=O)(=O)NCC[C@@H]1OCCNC[C@H]1c1ccc(Cl)c(Cl)c1. The molecule has 0 unspecified atom stereocenters. The van der Waals surface area contributed by atoms with Crippen molar-refractivity contribution in [2.75, 3.05) is 32.5 Å². The Balaban J connectivity index is 2.11. The van der Waals surface area contributed by atoms with Crippen molar-refractivity contribution in [2.24, 2.45) is 0 Å². The summed E-state index contributed by atoms with van der Waals surface area (Å²) in [5, 5.41) is 4.35. The van der Waals surface area contributed by atoms with Crippen LogP contribution in [-0.4, -0.2) is 47.0 Å². The van der Waals surface area contributed by atoms with Crippen LogP contribution in [0.1, 0.15) is 17.9 Å². The molecule has 1 aromatic carbocycles. The van der Waals surface area contributed by atoms with Gasteiger partial charge in [-0.2, -0.15) is 0 Å². The summed E-state index contributed by atoms with van der Waals surface area (Å²) in [6.45, 7) is 2.47. The Morgan fingerprint density at radius 2 is 2.14 bits per heavy atom. The number of hydrogen-bond acceptors (Lipinski definition) is 4. The fraction of sp³-hybridized carbons (Fsp3) is 0.571. The number of ether oxygens (including phenoxy) is 1. The molecule has 8 heteroatoms. The van der Waals surface area contributed by atoms with E-state index in [1.807, 2.05) is 12.1 Å². The monoisotopic (exact) mass is 366 g/mol. The Labute approximate surface area is 141 Å². The molecule has 2 N–H and O–H groups in total. The number of rotatable bonds is 5. The highest BCUT2D eigenvalue weighted by Crippen LogP contribution is 2.30. The van der Waals surface area contributed by atoms with E-state index in [-0.39, 0.29) is 12.0 Å². The van der Waals surface area contributed by atoms with Crippen LogP contribution in [0.3, 0.4) is 0 Å². The van der Waals surface area contributed by atoms with Crippen molar-refractivity contribution in [1.29, 1.82) is 0 Å². The first-order chi connectivity index (χ1) is 10.4. The fourth-order valence-corrected chi connectivity index (χ4v) is 3.33. The first-order valence-corrected chi connectivity index (χ1v) is 9.73. The molecule has 2 atom stereocenters. The first kappa shape index (κ1) is 18.0. The van der Waals surface area contributed by atoms with Crippen molar-refractivity contribution in [1.82, 2.24) is 10.0 Å². The van der Waals surface area contributed by atoms with Crippen molar-refractivity contribution < 1.29 is 13.2 Å². The maximum Gasteiger partial charge on any atom is 0.208 e. The number of benzene rings is 1. The molecule has 1 fully saturated rings. The number of nitrogens with one attached hydrogen (secondary N) is 2. The smallest absolute Gasteiger partial charge is 0.208 e. The standard InChI is InChI=1S/C14H20Cl2N2O3S/c1-22(19,20)18-5-4-14-11(9-17-6-7-21-14)10-2-3-12(15)13(16)8-10/h2-3,8,11,14,17-18H,4-7,9H2,1H3/t11-,14-/m0/s1. The van der Waals surface area contributed by atoms with Gasteiger partial charge in [-0.15, -0.1) is 0 Å². The van der Waals surface area contributed by atoms with Crippen molar-refractivity contribution in [3.63, 3.8) is 0 Å². The molecule has 1 aromatic rings. The topological polar surface area (TPSA) is 67.4 Å². The summed E-state index contributed by atoms with van der Waals surface area (Å²) < 4.78 is 30.7. The lowest BCUT2D eigenvalue weighted by Crippen LogP contribution is -2.32. The number of sulfonamides is 1. The van der Waals surface area contributed by atoms with E-state index in [1.54, 1.807) is 6.07 Å². The van der Waals surface area contributed by atoms with E-state index < -0.39 is 10.0 Å². The maximum atomic E-state index is 11.2. The summed E-state index contributed by atoms with van der Waals surface area (Å²) >= 11 is 12.1. The average molecular weight is 367 g/mol. The highest BCUT2D eigenvalue weighted by molar-refractivity contribution is 7.88. The zero-order valence-electron chi connectivity index (χ0n) is 12.3. The third-order valence-corrected chi connectivity index (χ3v) is 5.06. The maximum absolute atomic E-state index is 11.2. The summed E-state index contributed by atoms with van der Waals surface area (Å²) in [5.41, 5.74) is 1.04. The highest BCUT2D eigenvalue weighted by atomic mass is 35.5. The van der Waals surface area contributed by atoms with Gasteiger partial charge in [-0.05, 0) is 24.1 Å². The van der Waals surface area contributed by atoms with Crippen LogP contribution in [0, 0.1) is 0 Å². The van der Waals surface area contributed by atoms with Crippen molar-refractivity contribution in [2.45, 2.75) is 18.4 Å². The Kier molecular flexibility index (Phi) is 6.49. The summed E-state index contributed by atoms with van der Waals surface area (Å²) in [4.78, 5) is 0. The lowest BCUT2D eigenvalue weighted by atomic mass is 9.91.